The average molecular weight is 322 g/mol. The van der Waals surface area contributed by atoms with Gasteiger partial charge in [-0.1, -0.05) is 34.3 Å². The third-order valence-corrected chi connectivity index (χ3v) is 7.35. The first-order valence-electron chi connectivity index (χ1n) is 9.20. The Labute approximate surface area is 141 Å². The van der Waals surface area contributed by atoms with E-state index < -0.39 is 5.97 Å². The molecule has 23 heavy (non-hydrogen) atoms. The number of aliphatic carboxylic acids is 1. The monoisotopic (exact) mass is 322 g/mol. The van der Waals surface area contributed by atoms with Gasteiger partial charge in [-0.25, -0.2) is 0 Å². The van der Waals surface area contributed by atoms with Crippen molar-refractivity contribution >= 4 is 5.97 Å². The van der Waals surface area contributed by atoms with Crippen molar-refractivity contribution in [2.45, 2.75) is 78.7 Å². The molecule has 2 saturated carbocycles. The van der Waals surface area contributed by atoms with Crippen molar-refractivity contribution in [1.29, 1.82) is 0 Å². The van der Waals surface area contributed by atoms with Crippen LogP contribution in [0.15, 0.2) is 12.2 Å². The zero-order chi connectivity index (χ0) is 17.4. The van der Waals surface area contributed by atoms with Gasteiger partial charge >= 0.3 is 5.97 Å². The van der Waals surface area contributed by atoms with Crippen LogP contribution in [-0.2, 0) is 4.79 Å². The smallest absolute Gasteiger partial charge is 0.303 e. The molecule has 2 aliphatic rings. The molecule has 2 rings (SSSR count). The van der Waals surface area contributed by atoms with E-state index in [0.717, 1.165) is 37.7 Å². The first-order valence-corrected chi connectivity index (χ1v) is 9.20. The van der Waals surface area contributed by atoms with Crippen molar-refractivity contribution in [2.24, 2.45) is 28.6 Å². The van der Waals surface area contributed by atoms with Crippen LogP contribution in [0.4, 0.5) is 0 Å². The Morgan fingerprint density at radius 2 is 2.00 bits per heavy atom. The molecule has 0 aromatic carbocycles. The van der Waals surface area contributed by atoms with E-state index in [1.54, 1.807) is 0 Å². The standard InChI is InChI=1S/C20H34O3/c1-13(12-18(22)23)8-10-19(4)14(2)9-11-20(5)15(3)16(21)6-7-17(19)20/h13-14,16-17,21H,3,6-12H2,1-2,4-5H3,(H,22,23)/t13?,14-,16+,17-,19+,20+/m1/s1. The highest BCUT2D eigenvalue weighted by molar-refractivity contribution is 5.66. The fourth-order valence-electron chi connectivity index (χ4n) is 5.38. The summed E-state index contributed by atoms with van der Waals surface area (Å²) in [4.78, 5) is 10.9. The molecule has 1 unspecified atom stereocenters. The Kier molecular flexibility index (Phi) is 5.30. The van der Waals surface area contributed by atoms with E-state index in [4.69, 9.17) is 5.11 Å². The summed E-state index contributed by atoms with van der Waals surface area (Å²) in [5.41, 5.74) is 1.28. The minimum absolute atomic E-state index is 0.0367. The molecule has 0 aromatic rings. The van der Waals surface area contributed by atoms with Crippen LogP contribution in [0.1, 0.15) is 72.6 Å². The number of hydrogen-bond donors (Lipinski definition) is 2. The maximum atomic E-state index is 10.9. The zero-order valence-corrected chi connectivity index (χ0v) is 15.3. The van der Waals surface area contributed by atoms with Gasteiger partial charge < -0.3 is 10.2 Å². The second-order valence-corrected chi connectivity index (χ2v) is 8.78. The molecule has 0 radical (unpaired) electrons. The molecule has 0 spiro atoms. The zero-order valence-electron chi connectivity index (χ0n) is 15.3. The number of hydrogen-bond acceptors (Lipinski definition) is 2. The predicted octanol–water partition coefficient (Wildman–Crippen LogP) is 4.65. The van der Waals surface area contributed by atoms with Crippen LogP contribution in [0.3, 0.4) is 0 Å². The SMILES string of the molecule is C=C1[C@@H](O)CC[C@@H]2[C@@](C)(CCC(C)CC(=O)O)[C@H](C)CC[C@@]12C. The largest absolute Gasteiger partial charge is 0.481 e. The van der Waals surface area contributed by atoms with Gasteiger partial charge in [0, 0.05) is 6.42 Å². The highest BCUT2D eigenvalue weighted by Gasteiger charge is 2.55. The summed E-state index contributed by atoms with van der Waals surface area (Å²) in [5.74, 6) is 0.716. The normalized spacial score (nSPS) is 42.1. The summed E-state index contributed by atoms with van der Waals surface area (Å²) in [6, 6.07) is 0. The second kappa shape index (κ2) is 6.58. The van der Waals surface area contributed by atoms with Crippen LogP contribution in [0, 0.1) is 28.6 Å². The van der Waals surface area contributed by atoms with Crippen molar-refractivity contribution in [1.82, 2.24) is 0 Å². The van der Waals surface area contributed by atoms with Crippen LogP contribution in [0.5, 0.6) is 0 Å². The van der Waals surface area contributed by atoms with Crippen molar-refractivity contribution < 1.29 is 15.0 Å². The van der Waals surface area contributed by atoms with Crippen molar-refractivity contribution in [3.05, 3.63) is 12.2 Å². The van der Waals surface area contributed by atoms with E-state index >= 15 is 0 Å². The Morgan fingerprint density at radius 3 is 2.61 bits per heavy atom. The molecule has 0 bridgehead atoms. The predicted molar refractivity (Wildman–Crippen MR) is 93.1 cm³/mol. The van der Waals surface area contributed by atoms with Gasteiger partial charge in [-0.15, -0.1) is 0 Å². The number of carboxylic acid groups (broad SMARTS) is 1. The highest BCUT2D eigenvalue weighted by atomic mass is 16.4. The minimum atomic E-state index is -0.696. The first kappa shape index (κ1) is 18.5. The molecule has 0 amide bonds. The second-order valence-electron chi connectivity index (χ2n) is 8.78. The molecule has 132 valence electrons. The lowest BCUT2D eigenvalue weighted by Crippen LogP contribution is -2.52. The van der Waals surface area contributed by atoms with Gasteiger partial charge in [-0.2, -0.15) is 0 Å². The Hall–Kier alpha value is -0.830. The van der Waals surface area contributed by atoms with E-state index in [1.165, 1.54) is 6.42 Å². The lowest BCUT2D eigenvalue weighted by atomic mass is 9.45. The summed E-state index contributed by atoms with van der Waals surface area (Å²) in [5, 5.41) is 19.3. The van der Waals surface area contributed by atoms with Gasteiger partial charge in [0.05, 0.1) is 6.10 Å². The lowest BCUT2D eigenvalue weighted by Gasteiger charge is -2.59. The number of aliphatic hydroxyl groups excluding tert-OH is 1. The molecule has 2 aliphatic carbocycles. The highest BCUT2D eigenvalue weighted by Crippen LogP contribution is 2.62. The fourth-order valence-corrected chi connectivity index (χ4v) is 5.38. The van der Waals surface area contributed by atoms with Crippen LogP contribution in [0.2, 0.25) is 0 Å². The molecular weight excluding hydrogens is 288 g/mol. The molecule has 3 nitrogen and oxygen atoms in total. The lowest BCUT2D eigenvalue weighted by molar-refractivity contribution is -0.138. The molecule has 2 fully saturated rings. The molecule has 2 N–H and O–H groups in total. The maximum absolute atomic E-state index is 10.9. The van der Waals surface area contributed by atoms with Gasteiger partial charge in [0.2, 0.25) is 0 Å². The van der Waals surface area contributed by atoms with E-state index in [9.17, 15) is 9.90 Å². The van der Waals surface area contributed by atoms with Crippen molar-refractivity contribution in [3.8, 4) is 0 Å². The summed E-state index contributed by atoms with van der Waals surface area (Å²) in [6.07, 6.45) is 6.13. The molecule has 0 heterocycles. The molecular formula is C20H34O3. The van der Waals surface area contributed by atoms with Crippen molar-refractivity contribution in [3.63, 3.8) is 0 Å². The third-order valence-electron chi connectivity index (χ3n) is 7.35. The van der Waals surface area contributed by atoms with Gasteiger partial charge in [0.15, 0.2) is 0 Å². The Balaban J connectivity index is 2.17. The average Bonchev–Trinajstić information content (AvgIpc) is 2.46. The minimum Gasteiger partial charge on any atom is -0.481 e. The van der Waals surface area contributed by atoms with Gasteiger partial charge in [-0.3, -0.25) is 4.79 Å². The summed E-state index contributed by atoms with van der Waals surface area (Å²) < 4.78 is 0. The van der Waals surface area contributed by atoms with Crippen LogP contribution < -0.4 is 0 Å². The molecule has 0 aliphatic heterocycles. The third kappa shape index (κ3) is 3.35. The summed E-state index contributed by atoms with van der Waals surface area (Å²) in [6.45, 7) is 13.4. The number of rotatable bonds is 5. The number of carboxylic acids is 1. The van der Waals surface area contributed by atoms with Crippen LogP contribution >= 0.6 is 0 Å². The van der Waals surface area contributed by atoms with Crippen molar-refractivity contribution in [2.75, 3.05) is 0 Å². The van der Waals surface area contributed by atoms with E-state index in [2.05, 4.69) is 27.4 Å². The summed E-state index contributed by atoms with van der Waals surface area (Å²) >= 11 is 0. The Bertz CT molecular complexity index is 472. The summed E-state index contributed by atoms with van der Waals surface area (Å²) in [7, 11) is 0. The van der Waals surface area contributed by atoms with Gasteiger partial charge in [0.1, 0.15) is 0 Å². The van der Waals surface area contributed by atoms with E-state index in [-0.39, 0.29) is 29.3 Å². The van der Waals surface area contributed by atoms with E-state index in [0.29, 0.717) is 11.8 Å². The number of fused-ring (bicyclic) bond motifs is 1. The number of aliphatic hydroxyl groups is 1. The van der Waals surface area contributed by atoms with Gasteiger partial charge in [-0.05, 0) is 72.7 Å². The topological polar surface area (TPSA) is 57.5 Å². The van der Waals surface area contributed by atoms with Crippen LogP contribution in [-0.4, -0.2) is 22.3 Å². The number of carbonyl (C=O) groups is 1. The molecule has 0 saturated heterocycles. The van der Waals surface area contributed by atoms with E-state index in [1.807, 2.05) is 6.92 Å². The first-order chi connectivity index (χ1) is 10.6. The molecule has 0 aromatic heterocycles. The van der Waals surface area contributed by atoms with Crippen LogP contribution in [0.25, 0.3) is 0 Å². The fraction of sp³-hybridized carbons (Fsp3) is 0.850. The maximum Gasteiger partial charge on any atom is 0.303 e. The molecule has 6 atom stereocenters. The Morgan fingerprint density at radius 1 is 1.35 bits per heavy atom. The van der Waals surface area contributed by atoms with Gasteiger partial charge in [0.25, 0.3) is 0 Å². The quantitative estimate of drug-likeness (QED) is 0.725. The molecule has 3 heteroatoms.